The first-order valence-electron chi connectivity index (χ1n) is 7.13. The van der Waals surface area contributed by atoms with Gasteiger partial charge in [0.05, 0.1) is 5.69 Å². The highest BCUT2D eigenvalue weighted by molar-refractivity contribution is 8.26. The van der Waals surface area contributed by atoms with Crippen LogP contribution in [0.15, 0.2) is 54.6 Å². The summed E-state index contributed by atoms with van der Waals surface area (Å²) in [5.74, 6) is 0.612. The minimum atomic E-state index is -3.20. The normalized spacial score (nSPS) is 20.9. The summed E-state index contributed by atoms with van der Waals surface area (Å²) in [6.07, 6.45) is 0.821. The molecule has 0 amide bonds. The summed E-state index contributed by atoms with van der Waals surface area (Å²) in [5, 5.41) is 9.02. The second-order valence-electron chi connectivity index (χ2n) is 5.07. The topological polar surface area (TPSA) is 73.2 Å². The number of hydrogen-bond acceptors (Lipinski definition) is 5. The number of ether oxygens (including phenoxy) is 1. The monoisotopic (exact) mass is 321 g/mol. The number of fused-ring (bicyclic) bond motifs is 1. The number of para-hydroxylation sites is 3. The molecule has 1 atom stereocenters. The summed E-state index contributed by atoms with van der Waals surface area (Å²) in [5.41, 5.74) is 0.566. The summed E-state index contributed by atoms with van der Waals surface area (Å²) in [4.78, 5) is 0. The molecule has 0 aliphatic carbocycles. The Labute approximate surface area is 131 Å². The standard InChI is InChI=1S/C16H19NO4S/c18-12-6-11-16-21-15-10-5-4-9-14(15)17(22(16,19)20)13-7-2-1-3-8-13/h1-5,7-10,16,18-20H,6,11-12H2. The number of rotatable bonds is 4. The molecule has 1 heterocycles. The number of benzene rings is 2. The van der Waals surface area contributed by atoms with Crippen LogP contribution in [0.3, 0.4) is 0 Å². The quantitative estimate of drug-likeness (QED) is 0.794. The SMILES string of the molecule is OCCCC1Oc2ccccc2N(c2ccccc2)S1(O)O. The molecule has 0 saturated heterocycles. The lowest BCUT2D eigenvalue weighted by Crippen LogP contribution is -2.39. The molecular weight excluding hydrogens is 302 g/mol. The molecule has 0 saturated carbocycles. The Balaban J connectivity index is 2.07. The molecule has 3 N–H and O–H groups in total. The molecule has 3 rings (SSSR count). The summed E-state index contributed by atoms with van der Waals surface area (Å²) in [7, 11) is -3.20. The van der Waals surface area contributed by atoms with Crippen LogP contribution in [0.5, 0.6) is 5.75 Å². The average Bonchev–Trinajstić information content (AvgIpc) is 2.53. The van der Waals surface area contributed by atoms with E-state index in [9.17, 15) is 9.11 Å². The number of anilines is 2. The van der Waals surface area contributed by atoms with Crippen molar-refractivity contribution in [2.45, 2.75) is 18.3 Å². The Bertz CT molecular complexity index is 635. The van der Waals surface area contributed by atoms with Crippen LogP contribution in [0.1, 0.15) is 12.8 Å². The first kappa shape index (κ1) is 15.2. The maximum atomic E-state index is 10.8. The van der Waals surface area contributed by atoms with E-state index in [1.165, 1.54) is 0 Å². The van der Waals surface area contributed by atoms with Crippen LogP contribution in [-0.4, -0.2) is 26.3 Å². The molecule has 0 bridgehead atoms. The summed E-state index contributed by atoms with van der Waals surface area (Å²) in [6.45, 7) is -0.0115. The Kier molecular flexibility index (Phi) is 4.26. The highest BCUT2D eigenvalue weighted by Crippen LogP contribution is 2.61. The smallest absolute Gasteiger partial charge is 0.206 e. The molecule has 118 valence electrons. The second kappa shape index (κ2) is 6.18. The summed E-state index contributed by atoms with van der Waals surface area (Å²) >= 11 is 0. The van der Waals surface area contributed by atoms with Gasteiger partial charge in [0.1, 0.15) is 11.4 Å². The molecule has 1 aliphatic rings. The van der Waals surface area contributed by atoms with Crippen molar-refractivity contribution in [3.05, 3.63) is 54.6 Å². The van der Waals surface area contributed by atoms with Gasteiger partial charge in [0, 0.05) is 13.0 Å². The summed E-state index contributed by atoms with van der Waals surface area (Å²) in [6, 6.07) is 16.6. The molecule has 0 radical (unpaired) electrons. The number of hydrogen-bond donors (Lipinski definition) is 3. The minimum absolute atomic E-state index is 0.0115. The van der Waals surface area contributed by atoms with Crippen LogP contribution < -0.4 is 9.04 Å². The van der Waals surface area contributed by atoms with E-state index in [-0.39, 0.29) is 6.61 Å². The largest absolute Gasteiger partial charge is 0.467 e. The van der Waals surface area contributed by atoms with Crippen molar-refractivity contribution in [1.82, 2.24) is 0 Å². The molecule has 0 spiro atoms. The van der Waals surface area contributed by atoms with Crippen LogP contribution in [0.25, 0.3) is 0 Å². The van der Waals surface area contributed by atoms with Gasteiger partial charge in [-0.15, -0.1) is 0 Å². The molecule has 1 aliphatic heterocycles. The van der Waals surface area contributed by atoms with E-state index in [0.29, 0.717) is 30.0 Å². The Morgan fingerprint density at radius 3 is 2.41 bits per heavy atom. The van der Waals surface area contributed by atoms with E-state index in [1.54, 1.807) is 10.4 Å². The van der Waals surface area contributed by atoms with Gasteiger partial charge in [-0.25, -0.2) is 4.31 Å². The van der Waals surface area contributed by atoms with Gasteiger partial charge in [0.25, 0.3) is 0 Å². The van der Waals surface area contributed by atoms with E-state index >= 15 is 0 Å². The maximum Gasteiger partial charge on any atom is 0.206 e. The molecule has 2 aromatic rings. The van der Waals surface area contributed by atoms with Crippen molar-refractivity contribution in [1.29, 1.82) is 0 Å². The zero-order valence-electron chi connectivity index (χ0n) is 12.0. The van der Waals surface area contributed by atoms with Gasteiger partial charge in [0.2, 0.25) is 5.44 Å². The fraction of sp³-hybridized carbons (Fsp3) is 0.250. The van der Waals surface area contributed by atoms with Gasteiger partial charge in [-0.3, -0.25) is 9.11 Å². The lowest BCUT2D eigenvalue weighted by molar-refractivity contribution is 0.213. The molecule has 6 heteroatoms. The van der Waals surface area contributed by atoms with Crippen LogP contribution in [0.4, 0.5) is 11.4 Å². The lowest BCUT2D eigenvalue weighted by atomic mass is 10.2. The van der Waals surface area contributed by atoms with Crippen molar-refractivity contribution in [3.8, 4) is 5.75 Å². The Hall–Kier alpha value is -1.73. The fourth-order valence-corrected chi connectivity index (χ4v) is 4.35. The summed E-state index contributed by atoms with van der Waals surface area (Å²) < 4.78 is 28.9. The molecule has 2 aromatic carbocycles. The Morgan fingerprint density at radius 1 is 1.00 bits per heavy atom. The zero-order chi connectivity index (χ0) is 15.6. The Morgan fingerprint density at radius 2 is 1.68 bits per heavy atom. The number of aliphatic hydroxyl groups is 1. The number of nitrogens with zero attached hydrogens (tertiary/aromatic N) is 1. The predicted octanol–water partition coefficient (Wildman–Crippen LogP) is 3.98. The third-order valence-electron chi connectivity index (χ3n) is 3.55. The molecule has 0 fully saturated rings. The van der Waals surface area contributed by atoms with Crippen molar-refractivity contribution < 1.29 is 18.9 Å². The predicted molar refractivity (Wildman–Crippen MR) is 88.6 cm³/mol. The highest BCUT2D eigenvalue weighted by atomic mass is 32.3. The lowest BCUT2D eigenvalue weighted by Gasteiger charge is -2.51. The highest BCUT2D eigenvalue weighted by Gasteiger charge is 2.40. The zero-order valence-corrected chi connectivity index (χ0v) is 12.8. The van der Waals surface area contributed by atoms with Crippen molar-refractivity contribution in [3.63, 3.8) is 0 Å². The number of aliphatic hydroxyl groups excluding tert-OH is 1. The van der Waals surface area contributed by atoms with E-state index in [1.807, 2.05) is 48.5 Å². The van der Waals surface area contributed by atoms with Gasteiger partial charge >= 0.3 is 0 Å². The van der Waals surface area contributed by atoms with Crippen LogP contribution in [0, 0.1) is 0 Å². The van der Waals surface area contributed by atoms with E-state index < -0.39 is 16.2 Å². The molecule has 22 heavy (non-hydrogen) atoms. The van der Waals surface area contributed by atoms with Gasteiger partial charge in [-0.1, -0.05) is 41.1 Å². The van der Waals surface area contributed by atoms with Crippen molar-refractivity contribution in [2.24, 2.45) is 0 Å². The van der Waals surface area contributed by atoms with E-state index in [4.69, 9.17) is 9.84 Å². The average molecular weight is 321 g/mol. The van der Waals surface area contributed by atoms with Crippen molar-refractivity contribution in [2.75, 3.05) is 10.9 Å². The van der Waals surface area contributed by atoms with Crippen LogP contribution in [0.2, 0.25) is 0 Å². The van der Waals surface area contributed by atoms with Crippen LogP contribution in [-0.2, 0) is 0 Å². The molecule has 1 unspecified atom stereocenters. The third kappa shape index (κ3) is 2.66. The third-order valence-corrected chi connectivity index (χ3v) is 5.53. The molecular formula is C16H19NO4S. The van der Waals surface area contributed by atoms with E-state index in [2.05, 4.69) is 0 Å². The minimum Gasteiger partial charge on any atom is -0.467 e. The molecule has 0 aromatic heterocycles. The van der Waals surface area contributed by atoms with Crippen molar-refractivity contribution >= 4 is 22.2 Å². The van der Waals surface area contributed by atoms with Gasteiger partial charge in [-0.2, -0.15) is 0 Å². The second-order valence-corrected chi connectivity index (χ2v) is 7.09. The molecule has 5 nitrogen and oxygen atoms in total. The first-order valence-corrected chi connectivity index (χ1v) is 8.70. The van der Waals surface area contributed by atoms with Gasteiger partial charge < -0.3 is 9.84 Å². The van der Waals surface area contributed by atoms with Crippen LogP contribution >= 0.6 is 10.8 Å². The van der Waals surface area contributed by atoms with Gasteiger partial charge in [-0.05, 0) is 30.7 Å². The maximum absolute atomic E-state index is 10.8. The fourth-order valence-electron chi connectivity index (χ4n) is 2.53. The van der Waals surface area contributed by atoms with Gasteiger partial charge in [0.15, 0.2) is 0 Å². The first-order chi connectivity index (χ1) is 10.6. The van der Waals surface area contributed by atoms with E-state index in [0.717, 1.165) is 0 Å².